The Bertz CT molecular complexity index is 1230. The molecule has 2 fully saturated rings. The van der Waals surface area contributed by atoms with Gasteiger partial charge in [-0.1, -0.05) is 91.0 Å². The minimum Gasteiger partial charge on any atom is -0.368 e. The van der Waals surface area contributed by atoms with Gasteiger partial charge in [0.1, 0.15) is 29.6 Å². The third-order valence-corrected chi connectivity index (χ3v) is 8.74. The molecule has 0 saturated carbocycles. The number of ether oxygens (including phenoxy) is 5. The standard InChI is InChI=1S/C28H29ClO7S/c29-19-37(30,31)28-26(33-17-21-12-6-2-7-13-21)25(32-16-20-10-4-1-5-11-20)24-23(35-28)18-34-27(36-24)22-14-8-3-9-15-22/h1-15,23-28H,16-19H2/t23-,24+,25+,26-,27+,28+/m1/s1. The van der Waals surface area contributed by atoms with Gasteiger partial charge < -0.3 is 23.7 Å². The van der Waals surface area contributed by atoms with E-state index in [2.05, 4.69) is 0 Å². The van der Waals surface area contributed by atoms with Crippen molar-refractivity contribution in [3.8, 4) is 0 Å². The molecule has 0 bridgehead atoms. The average molecular weight is 545 g/mol. The van der Waals surface area contributed by atoms with Crippen LogP contribution in [0.1, 0.15) is 23.0 Å². The smallest absolute Gasteiger partial charge is 0.193 e. The van der Waals surface area contributed by atoms with Crippen molar-refractivity contribution in [3.05, 3.63) is 108 Å². The SMILES string of the molecule is O=S(=O)(CCl)[C@@H]1O[C@@H]2CO[C@H](c3ccccc3)O[C@@H]2[C@H](OCc2ccccc2)[C@H]1OCc1ccccc1. The second kappa shape index (κ2) is 12.0. The molecule has 0 amide bonds. The van der Waals surface area contributed by atoms with Crippen molar-refractivity contribution in [2.45, 2.75) is 49.4 Å². The van der Waals surface area contributed by atoms with Gasteiger partial charge >= 0.3 is 0 Å². The summed E-state index contributed by atoms with van der Waals surface area (Å²) in [5.74, 6) is 0. The summed E-state index contributed by atoms with van der Waals surface area (Å²) in [5, 5.41) is -0.611. The highest BCUT2D eigenvalue weighted by Gasteiger charge is 2.54. The monoisotopic (exact) mass is 544 g/mol. The molecular formula is C28H29ClO7S. The Balaban J connectivity index is 1.46. The topological polar surface area (TPSA) is 80.3 Å². The minimum absolute atomic E-state index is 0.134. The molecule has 5 rings (SSSR count). The lowest BCUT2D eigenvalue weighted by Crippen LogP contribution is -2.64. The summed E-state index contributed by atoms with van der Waals surface area (Å²) in [4.78, 5) is 0. The van der Waals surface area contributed by atoms with E-state index < -0.39 is 51.2 Å². The predicted octanol–water partition coefficient (Wildman–Crippen LogP) is 4.61. The first-order valence-corrected chi connectivity index (χ1v) is 14.4. The molecule has 3 aromatic carbocycles. The summed E-state index contributed by atoms with van der Waals surface area (Å²) in [7, 11) is -3.88. The molecule has 6 atom stereocenters. The fourth-order valence-corrected chi connectivity index (χ4v) is 6.03. The summed E-state index contributed by atoms with van der Waals surface area (Å²) in [6.07, 6.45) is -3.71. The summed E-state index contributed by atoms with van der Waals surface area (Å²) < 4.78 is 57.2. The molecule has 0 unspecified atom stereocenters. The molecule has 2 aliphatic rings. The maximum atomic E-state index is 13.1. The van der Waals surface area contributed by atoms with Crippen molar-refractivity contribution in [1.82, 2.24) is 0 Å². The molecule has 0 N–H and O–H groups in total. The molecule has 2 aliphatic heterocycles. The van der Waals surface area contributed by atoms with Gasteiger partial charge in [-0.3, -0.25) is 0 Å². The third kappa shape index (κ3) is 6.23. The first-order valence-electron chi connectivity index (χ1n) is 12.1. The highest BCUT2D eigenvalue weighted by Crippen LogP contribution is 2.38. The van der Waals surface area contributed by atoms with Crippen LogP contribution in [-0.2, 0) is 46.7 Å². The van der Waals surface area contributed by atoms with E-state index in [1.165, 1.54) is 0 Å². The summed E-state index contributed by atoms with van der Waals surface area (Å²) >= 11 is 5.88. The predicted molar refractivity (Wildman–Crippen MR) is 138 cm³/mol. The number of halogens is 1. The first-order chi connectivity index (χ1) is 18.0. The Morgan fingerprint density at radius 3 is 1.86 bits per heavy atom. The quantitative estimate of drug-likeness (QED) is 0.364. The lowest BCUT2D eigenvalue weighted by atomic mass is 9.98. The van der Waals surface area contributed by atoms with Gasteiger partial charge in [-0.15, -0.1) is 11.6 Å². The van der Waals surface area contributed by atoms with E-state index in [1.807, 2.05) is 91.0 Å². The molecule has 37 heavy (non-hydrogen) atoms. The number of benzene rings is 3. The van der Waals surface area contributed by atoms with Gasteiger partial charge in [0.25, 0.3) is 0 Å². The maximum Gasteiger partial charge on any atom is 0.193 e. The third-order valence-electron chi connectivity index (χ3n) is 6.43. The average Bonchev–Trinajstić information content (AvgIpc) is 2.96. The Morgan fingerprint density at radius 1 is 0.757 bits per heavy atom. The number of hydrogen-bond donors (Lipinski definition) is 0. The lowest BCUT2D eigenvalue weighted by molar-refractivity contribution is -0.330. The molecule has 0 aromatic heterocycles. The largest absolute Gasteiger partial charge is 0.368 e. The molecule has 9 heteroatoms. The number of sulfone groups is 1. The van der Waals surface area contributed by atoms with Crippen LogP contribution in [0.3, 0.4) is 0 Å². The van der Waals surface area contributed by atoms with E-state index in [1.54, 1.807) is 0 Å². The van der Waals surface area contributed by atoms with Gasteiger partial charge in [0.05, 0.1) is 19.8 Å². The molecule has 2 heterocycles. The van der Waals surface area contributed by atoms with Crippen LogP contribution in [-0.4, -0.2) is 50.1 Å². The molecular weight excluding hydrogens is 516 g/mol. The van der Waals surface area contributed by atoms with Gasteiger partial charge in [0, 0.05) is 5.56 Å². The second-order valence-corrected chi connectivity index (χ2v) is 11.7. The van der Waals surface area contributed by atoms with E-state index >= 15 is 0 Å². The Hall–Kier alpha value is -2.30. The number of alkyl halides is 1. The second-order valence-electron chi connectivity index (χ2n) is 9.01. The van der Waals surface area contributed by atoms with E-state index in [0.717, 1.165) is 16.7 Å². The number of fused-ring (bicyclic) bond motifs is 1. The van der Waals surface area contributed by atoms with E-state index in [-0.39, 0.29) is 19.8 Å². The van der Waals surface area contributed by atoms with Crippen molar-refractivity contribution in [1.29, 1.82) is 0 Å². The van der Waals surface area contributed by atoms with Crippen LogP contribution in [0.5, 0.6) is 0 Å². The highest BCUT2D eigenvalue weighted by molar-refractivity contribution is 7.93. The zero-order valence-electron chi connectivity index (χ0n) is 20.1. The molecule has 0 aliphatic carbocycles. The summed E-state index contributed by atoms with van der Waals surface area (Å²) in [5.41, 5.74) is 1.34. The highest BCUT2D eigenvalue weighted by atomic mass is 35.5. The maximum absolute atomic E-state index is 13.1. The van der Waals surface area contributed by atoms with Crippen LogP contribution in [0.25, 0.3) is 0 Å². The summed E-state index contributed by atoms with van der Waals surface area (Å²) in [6, 6.07) is 28.7. The molecule has 7 nitrogen and oxygen atoms in total. The molecule has 2 saturated heterocycles. The van der Waals surface area contributed by atoms with Crippen LogP contribution in [0.4, 0.5) is 0 Å². The van der Waals surface area contributed by atoms with Crippen molar-refractivity contribution >= 4 is 21.4 Å². The minimum atomic E-state index is -3.88. The van der Waals surface area contributed by atoms with E-state index in [9.17, 15) is 8.42 Å². The zero-order valence-corrected chi connectivity index (χ0v) is 21.7. The van der Waals surface area contributed by atoms with Gasteiger partial charge in [0.15, 0.2) is 21.6 Å². The van der Waals surface area contributed by atoms with Crippen molar-refractivity contribution in [2.75, 3.05) is 11.8 Å². The normalized spacial score (nSPS) is 27.9. The molecule has 0 radical (unpaired) electrons. The van der Waals surface area contributed by atoms with Gasteiger partial charge in [-0.2, -0.15) is 0 Å². The summed E-state index contributed by atoms with van der Waals surface area (Å²) in [6.45, 7) is 0.549. The van der Waals surface area contributed by atoms with Gasteiger partial charge in [-0.05, 0) is 11.1 Å². The Labute approximate surface area is 222 Å². The lowest BCUT2D eigenvalue weighted by Gasteiger charge is -2.48. The van der Waals surface area contributed by atoms with Crippen LogP contribution in [0.15, 0.2) is 91.0 Å². The fourth-order valence-electron chi connectivity index (χ4n) is 4.58. The molecule has 3 aromatic rings. The van der Waals surface area contributed by atoms with Crippen LogP contribution in [0, 0.1) is 0 Å². The van der Waals surface area contributed by atoms with Crippen molar-refractivity contribution in [2.24, 2.45) is 0 Å². The number of hydrogen-bond acceptors (Lipinski definition) is 7. The first kappa shape index (κ1) is 26.3. The van der Waals surface area contributed by atoms with Crippen LogP contribution >= 0.6 is 11.6 Å². The Morgan fingerprint density at radius 2 is 1.30 bits per heavy atom. The Kier molecular flexibility index (Phi) is 8.56. The van der Waals surface area contributed by atoms with Crippen molar-refractivity contribution < 1.29 is 32.1 Å². The van der Waals surface area contributed by atoms with Crippen LogP contribution < -0.4 is 0 Å². The number of rotatable bonds is 9. The zero-order chi connectivity index (χ0) is 25.7. The van der Waals surface area contributed by atoms with Crippen molar-refractivity contribution in [3.63, 3.8) is 0 Å². The van der Waals surface area contributed by atoms with Gasteiger partial charge in [-0.25, -0.2) is 8.42 Å². The molecule has 196 valence electrons. The van der Waals surface area contributed by atoms with E-state index in [4.69, 9.17) is 35.3 Å². The molecule has 0 spiro atoms. The van der Waals surface area contributed by atoms with E-state index in [0.29, 0.717) is 0 Å². The van der Waals surface area contributed by atoms with Gasteiger partial charge in [0.2, 0.25) is 0 Å². The van der Waals surface area contributed by atoms with Crippen LogP contribution in [0.2, 0.25) is 0 Å². The fraction of sp³-hybridized carbons (Fsp3) is 0.357.